The van der Waals surface area contributed by atoms with Gasteiger partial charge in [-0.25, -0.2) is 4.98 Å². The van der Waals surface area contributed by atoms with Crippen molar-refractivity contribution < 1.29 is 0 Å². The van der Waals surface area contributed by atoms with Crippen LogP contribution in [-0.4, -0.2) is 22.5 Å². The summed E-state index contributed by atoms with van der Waals surface area (Å²) in [4.78, 5) is 7.95. The first-order valence-corrected chi connectivity index (χ1v) is 7.95. The van der Waals surface area contributed by atoms with Crippen LogP contribution in [0.25, 0.3) is 0 Å². The fraction of sp³-hybridized carbons (Fsp3) is 0.438. The minimum Gasteiger partial charge on any atom is -0.375 e. The number of hydrogen-bond acceptors (Lipinski definition) is 4. The molecule has 21 heavy (non-hydrogen) atoms. The molecule has 0 aliphatic carbocycles. The lowest BCUT2D eigenvalue weighted by molar-refractivity contribution is 0.261. The van der Waals surface area contributed by atoms with Gasteiger partial charge in [0.1, 0.15) is 0 Å². The molecule has 1 fully saturated rings. The number of rotatable bonds is 3. The van der Waals surface area contributed by atoms with Crippen LogP contribution >= 0.6 is 23.7 Å². The second kappa shape index (κ2) is 6.77. The molecule has 114 valence electrons. The van der Waals surface area contributed by atoms with Crippen LogP contribution in [0.5, 0.6) is 0 Å². The van der Waals surface area contributed by atoms with E-state index in [1.807, 2.05) is 6.20 Å². The quantitative estimate of drug-likeness (QED) is 0.933. The Labute approximate surface area is 136 Å². The summed E-state index contributed by atoms with van der Waals surface area (Å²) in [6.45, 7) is 6.64. The second-order valence-corrected chi connectivity index (χ2v) is 6.88. The van der Waals surface area contributed by atoms with E-state index in [2.05, 4.69) is 48.0 Å². The highest BCUT2D eigenvalue weighted by atomic mass is 35.5. The van der Waals surface area contributed by atoms with Crippen molar-refractivity contribution in [2.45, 2.75) is 38.8 Å². The smallest absolute Gasteiger partial charge is 0.180 e. The third kappa shape index (κ3) is 3.57. The van der Waals surface area contributed by atoms with Crippen molar-refractivity contribution in [1.82, 2.24) is 9.88 Å². The zero-order valence-electron chi connectivity index (χ0n) is 12.5. The van der Waals surface area contributed by atoms with Crippen molar-refractivity contribution in [3.63, 3.8) is 0 Å². The Bertz CT molecular complexity index is 599. The lowest BCUT2D eigenvalue weighted by Gasteiger charge is -2.19. The molecule has 0 amide bonds. The number of nitrogens with zero attached hydrogens (tertiary/aromatic N) is 2. The van der Waals surface area contributed by atoms with Crippen LogP contribution < -0.4 is 5.73 Å². The van der Waals surface area contributed by atoms with E-state index in [4.69, 9.17) is 5.73 Å². The summed E-state index contributed by atoms with van der Waals surface area (Å²) in [7, 11) is 0. The molecule has 3 rings (SSSR count). The SMILES string of the molecule is Cc1ccccc1C1CC(C)N(Cc2cnc(N)s2)C1.Cl. The molecule has 1 aromatic carbocycles. The van der Waals surface area contributed by atoms with Crippen LogP contribution in [-0.2, 0) is 6.54 Å². The van der Waals surface area contributed by atoms with Gasteiger partial charge in [0.25, 0.3) is 0 Å². The molecule has 2 heterocycles. The van der Waals surface area contributed by atoms with E-state index in [0.717, 1.165) is 13.1 Å². The van der Waals surface area contributed by atoms with Crippen LogP contribution in [0, 0.1) is 6.92 Å². The molecule has 2 atom stereocenters. The molecule has 2 unspecified atom stereocenters. The number of nitrogen functional groups attached to an aromatic ring is 1. The van der Waals surface area contributed by atoms with Crippen molar-refractivity contribution in [2.75, 3.05) is 12.3 Å². The summed E-state index contributed by atoms with van der Waals surface area (Å²) in [5, 5.41) is 0.669. The predicted octanol–water partition coefficient (Wildman–Crippen LogP) is 3.83. The van der Waals surface area contributed by atoms with E-state index in [1.165, 1.54) is 22.4 Å². The largest absolute Gasteiger partial charge is 0.375 e. The molecule has 5 heteroatoms. The summed E-state index contributed by atoms with van der Waals surface area (Å²) in [6.07, 6.45) is 3.15. The first-order valence-electron chi connectivity index (χ1n) is 7.13. The Morgan fingerprint density at radius 3 is 2.81 bits per heavy atom. The van der Waals surface area contributed by atoms with Crippen LogP contribution in [0.15, 0.2) is 30.5 Å². The summed E-state index contributed by atoms with van der Waals surface area (Å²) in [5.41, 5.74) is 8.63. The van der Waals surface area contributed by atoms with Crippen LogP contribution in [0.3, 0.4) is 0 Å². The molecule has 3 nitrogen and oxygen atoms in total. The van der Waals surface area contributed by atoms with Gasteiger partial charge >= 0.3 is 0 Å². The topological polar surface area (TPSA) is 42.2 Å². The molecule has 1 saturated heterocycles. The third-order valence-electron chi connectivity index (χ3n) is 4.26. The lowest BCUT2D eigenvalue weighted by Crippen LogP contribution is -2.26. The molecule has 0 spiro atoms. The number of likely N-dealkylation sites (tertiary alicyclic amines) is 1. The molecule has 1 aliphatic heterocycles. The molecule has 2 aromatic rings. The van der Waals surface area contributed by atoms with E-state index in [-0.39, 0.29) is 12.4 Å². The molecule has 1 aromatic heterocycles. The second-order valence-electron chi connectivity index (χ2n) is 5.73. The van der Waals surface area contributed by atoms with E-state index in [0.29, 0.717) is 17.1 Å². The van der Waals surface area contributed by atoms with Gasteiger partial charge in [0.15, 0.2) is 5.13 Å². The molecular weight excluding hydrogens is 302 g/mol. The summed E-state index contributed by atoms with van der Waals surface area (Å²) in [5.74, 6) is 0.650. The molecule has 1 aliphatic rings. The fourth-order valence-corrected chi connectivity index (χ4v) is 3.89. The van der Waals surface area contributed by atoms with Gasteiger partial charge in [-0.2, -0.15) is 0 Å². The van der Waals surface area contributed by atoms with Crippen LogP contribution in [0.2, 0.25) is 0 Å². The van der Waals surface area contributed by atoms with Gasteiger partial charge in [-0.3, -0.25) is 4.90 Å². The molecule has 0 saturated carbocycles. The predicted molar refractivity (Wildman–Crippen MR) is 92.2 cm³/mol. The van der Waals surface area contributed by atoms with Crippen molar-refractivity contribution in [3.8, 4) is 0 Å². The summed E-state index contributed by atoms with van der Waals surface area (Å²) < 4.78 is 0. The maximum Gasteiger partial charge on any atom is 0.180 e. The molecule has 2 N–H and O–H groups in total. The van der Waals surface area contributed by atoms with Crippen LogP contribution in [0.4, 0.5) is 5.13 Å². The Balaban J connectivity index is 0.00000161. The van der Waals surface area contributed by atoms with Gasteiger partial charge in [-0.1, -0.05) is 24.3 Å². The fourth-order valence-electron chi connectivity index (χ4n) is 3.18. The summed E-state index contributed by atoms with van der Waals surface area (Å²) >= 11 is 1.60. The average molecular weight is 324 g/mol. The Morgan fingerprint density at radius 2 is 2.14 bits per heavy atom. The number of nitrogens with two attached hydrogens (primary N) is 1. The highest BCUT2D eigenvalue weighted by Gasteiger charge is 2.30. The third-order valence-corrected chi connectivity index (χ3v) is 5.07. The average Bonchev–Trinajstić information content (AvgIpc) is 2.98. The first kappa shape index (κ1) is 16.3. The molecule has 0 bridgehead atoms. The number of aryl methyl sites for hydroxylation is 1. The number of anilines is 1. The van der Waals surface area contributed by atoms with Gasteiger partial charge < -0.3 is 5.73 Å². The van der Waals surface area contributed by atoms with Crippen molar-refractivity contribution in [1.29, 1.82) is 0 Å². The van der Waals surface area contributed by atoms with Gasteiger partial charge in [-0.15, -0.1) is 23.7 Å². The normalized spacial score (nSPS) is 22.2. The van der Waals surface area contributed by atoms with Crippen molar-refractivity contribution in [2.24, 2.45) is 0 Å². The first-order chi connectivity index (χ1) is 9.63. The lowest BCUT2D eigenvalue weighted by atomic mass is 9.93. The zero-order valence-corrected chi connectivity index (χ0v) is 14.1. The van der Waals surface area contributed by atoms with E-state index in [1.54, 1.807) is 11.3 Å². The number of halogens is 1. The minimum absolute atomic E-state index is 0. The number of aromatic nitrogens is 1. The zero-order chi connectivity index (χ0) is 14.1. The molecule has 0 radical (unpaired) electrons. The van der Waals surface area contributed by atoms with Crippen molar-refractivity contribution >= 4 is 28.9 Å². The number of hydrogen-bond donors (Lipinski definition) is 1. The molecular formula is C16H22ClN3S. The standard InChI is InChI=1S/C16H21N3S.ClH/c1-11-5-3-4-6-15(11)13-7-12(2)19(9-13)10-14-8-18-16(17)20-14;/h3-6,8,12-13H,7,9-10H2,1-2H3,(H2,17,18);1H. The minimum atomic E-state index is 0. The van der Waals surface area contributed by atoms with Gasteiger partial charge in [0.05, 0.1) is 0 Å². The van der Waals surface area contributed by atoms with Crippen molar-refractivity contribution in [3.05, 3.63) is 46.5 Å². The van der Waals surface area contributed by atoms with Gasteiger partial charge in [0, 0.05) is 30.2 Å². The highest BCUT2D eigenvalue weighted by molar-refractivity contribution is 7.15. The van der Waals surface area contributed by atoms with Gasteiger partial charge in [0.2, 0.25) is 0 Å². The monoisotopic (exact) mass is 323 g/mol. The maximum atomic E-state index is 5.71. The summed E-state index contributed by atoms with van der Waals surface area (Å²) in [6, 6.07) is 9.38. The van der Waals surface area contributed by atoms with E-state index >= 15 is 0 Å². The Kier molecular flexibility index (Phi) is 5.25. The van der Waals surface area contributed by atoms with Gasteiger partial charge in [-0.05, 0) is 37.3 Å². The number of benzene rings is 1. The Morgan fingerprint density at radius 1 is 1.38 bits per heavy atom. The van der Waals surface area contributed by atoms with E-state index < -0.39 is 0 Å². The number of thiazole rings is 1. The van der Waals surface area contributed by atoms with Crippen LogP contribution in [0.1, 0.15) is 35.3 Å². The Hall–Kier alpha value is -1.10. The van der Waals surface area contributed by atoms with E-state index in [9.17, 15) is 0 Å². The maximum absolute atomic E-state index is 5.71. The highest BCUT2D eigenvalue weighted by Crippen LogP contribution is 2.34.